The zero-order chi connectivity index (χ0) is 14.7. The number of nitrogens with zero attached hydrogens (tertiary/aromatic N) is 1. The van der Waals surface area contributed by atoms with Crippen LogP contribution in [0.1, 0.15) is 31.4 Å². The summed E-state index contributed by atoms with van der Waals surface area (Å²) < 4.78 is 5.49. The topological polar surface area (TPSA) is 24.5 Å². The number of hydrogen-bond acceptors (Lipinski definition) is 3. The molecule has 0 spiro atoms. The molecule has 2 atom stereocenters. The lowest BCUT2D eigenvalue weighted by Crippen LogP contribution is -2.46. The highest BCUT2D eigenvalue weighted by atomic mass is 35.5. The van der Waals surface area contributed by atoms with Crippen LogP contribution in [-0.4, -0.2) is 48.7 Å². The largest absolute Gasteiger partial charge is 0.379 e. The Bertz CT molecular complexity index is 443. The lowest BCUT2D eigenvalue weighted by atomic mass is 10.0. The third kappa shape index (κ3) is 3.78. The van der Waals surface area contributed by atoms with Crippen molar-refractivity contribution < 1.29 is 4.74 Å². The molecule has 1 aromatic rings. The van der Waals surface area contributed by atoms with Crippen molar-refractivity contribution in [3.63, 3.8) is 0 Å². The molecular formula is C17H25ClN2O. The van der Waals surface area contributed by atoms with Crippen LogP contribution in [0.25, 0.3) is 0 Å². The van der Waals surface area contributed by atoms with E-state index in [0.717, 1.165) is 45.7 Å². The van der Waals surface area contributed by atoms with E-state index in [0.29, 0.717) is 12.1 Å². The monoisotopic (exact) mass is 308 g/mol. The summed E-state index contributed by atoms with van der Waals surface area (Å²) in [6.45, 7) is 6.82. The summed E-state index contributed by atoms with van der Waals surface area (Å²) in [7, 11) is 0. The van der Waals surface area contributed by atoms with Crippen LogP contribution in [0.15, 0.2) is 30.3 Å². The van der Waals surface area contributed by atoms with Gasteiger partial charge in [0.1, 0.15) is 0 Å². The van der Waals surface area contributed by atoms with Crippen LogP contribution >= 0.6 is 11.6 Å². The molecule has 3 rings (SSSR count). The first-order valence-electron chi connectivity index (χ1n) is 7.98. The molecule has 21 heavy (non-hydrogen) atoms. The van der Waals surface area contributed by atoms with Crippen LogP contribution in [0.4, 0.5) is 0 Å². The van der Waals surface area contributed by atoms with E-state index in [9.17, 15) is 0 Å². The van der Waals surface area contributed by atoms with Gasteiger partial charge in [0.2, 0.25) is 0 Å². The highest BCUT2D eigenvalue weighted by Crippen LogP contribution is 2.45. The van der Waals surface area contributed by atoms with Gasteiger partial charge in [0, 0.05) is 31.7 Å². The summed E-state index contributed by atoms with van der Waals surface area (Å²) in [5.74, 6) is 0. The number of rotatable bonds is 6. The minimum Gasteiger partial charge on any atom is -0.379 e. The van der Waals surface area contributed by atoms with Crippen molar-refractivity contribution in [2.24, 2.45) is 0 Å². The zero-order valence-corrected chi connectivity index (χ0v) is 13.5. The first kappa shape index (κ1) is 15.3. The molecule has 1 aliphatic carbocycles. The van der Waals surface area contributed by atoms with Gasteiger partial charge in [-0.05, 0) is 25.3 Å². The number of benzene rings is 1. The average molecular weight is 309 g/mol. The van der Waals surface area contributed by atoms with Crippen molar-refractivity contribution in [3.05, 3.63) is 35.9 Å². The molecule has 4 heteroatoms. The van der Waals surface area contributed by atoms with Crippen molar-refractivity contribution >= 4 is 11.6 Å². The third-order valence-corrected chi connectivity index (χ3v) is 5.50. The fourth-order valence-electron chi connectivity index (χ4n) is 3.05. The number of morpholine rings is 1. The molecule has 1 heterocycles. The molecule has 1 aromatic carbocycles. The van der Waals surface area contributed by atoms with E-state index < -0.39 is 0 Å². The fraction of sp³-hybridized carbons (Fsp3) is 0.647. The van der Waals surface area contributed by atoms with Crippen LogP contribution in [0.5, 0.6) is 0 Å². The Kier molecular flexibility index (Phi) is 4.85. The van der Waals surface area contributed by atoms with Crippen molar-refractivity contribution in [3.8, 4) is 0 Å². The van der Waals surface area contributed by atoms with E-state index in [1.807, 2.05) is 0 Å². The van der Waals surface area contributed by atoms with E-state index in [1.54, 1.807) is 0 Å². The molecular weight excluding hydrogens is 284 g/mol. The molecule has 1 saturated heterocycles. The minimum atomic E-state index is 0.00620. The lowest BCUT2D eigenvalue weighted by Gasteiger charge is -2.36. The van der Waals surface area contributed by atoms with E-state index in [-0.39, 0.29) is 4.87 Å². The molecule has 0 amide bonds. The summed E-state index contributed by atoms with van der Waals surface area (Å²) in [4.78, 5) is 2.53. The van der Waals surface area contributed by atoms with Gasteiger partial charge >= 0.3 is 0 Å². The van der Waals surface area contributed by atoms with E-state index in [1.165, 1.54) is 5.56 Å². The van der Waals surface area contributed by atoms with Crippen LogP contribution in [-0.2, 0) is 4.74 Å². The summed E-state index contributed by atoms with van der Waals surface area (Å²) in [6.07, 6.45) is 2.27. The van der Waals surface area contributed by atoms with Crippen LogP contribution in [0.3, 0.4) is 0 Å². The number of hydrogen-bond donors (Lipinski definition) is 1. The third-order valence-electron chi connectivity index (χ3n) is 4.79. The van der Waals surface area contributed by atoms with Gasteiger partial charge in [0.05, 0.1) is 18.1 Å². The molecule has 1 saturated carbocycles. The Hall–Kier alpha value is -0.610. The quantitative estimate of drug-likeness (QED) is 0.818. The summed E-state index contributed by atoms with van der Waals surface area (Å²) in [5.41, 5.74) is 1.37. The van der Waals surface area contributed by atoms with E-state index >= 15 is 0 Å². The Morgan fingerprint density at radius 2 is 1.90 bits per heavy atom. The van der Waals surface area contributed by atoms with Gasteiger partial charge in [-0.3, -0.25) is 4.90 Å². The Morgan fingerprint density at radius 3 is 2.52 bits per heavy atom. The molecule has 2 unspecified atom stereocenters. The standard InChI is InChI=1S/C17H25ClN2O/c1-14(17(18)7-8-17)19-13-16(15-5-3-2-4-6-15)20-9-11-21-12-10-20/h2-6,14,16,19H,7-13H2,1H3. The molecule has 116 valence electrons. The first-order chi connectivity index (χ1) is 10.2. The number of ether oxygens (including phenoxy) is 1. The van der Waals surface area contributed by atoms with Gasteiger partial charge in [0.15, 0.2) is 0 Å². The smallest absolute Gasteiger partial charge is 0.0598 e. The van der Waals surface area contributed by atoms with Crippen LogP contribution < -0.4 is 5.32 Å². The van der Waals surface area contributed by atoms with Gasteiger partial charge in [0.25, 0.3) is 0 Å². The second-order valence-corrected chi connectivity index (χ2v) is 6.99. The predicted octanol–water partition coefficient (Wildman–Crippen LogP) is 2.81. The number of nitrogens with one attached hydrogen (secondary N) is 1. The predicted molar refractivity (Wildman–Crippen MR) is 86.9 cm³/mol. The summed E-state index contributed by atoms with van der Waals surface area (Å²) in [5, 5.41) is 3.67. The van der Waals surface area contributed by atoms with Gasteiger partial charge in [-0.15, -0.1) is 11.6 Å². The summed E-state index contributed by atoms with van der Waals surface area (Å²) >= 11 is 6.51. The molecule has 2 fully saturated rings. The minimum absolute atomic E-state index is 0.00620. The molecule has 1 N–H and O–H groups in total. The van der Waals surface area contributed by atoms with Gasteiger partial charge in [-0.2, -0.15) is 0 Å². The van der Waals surface area contributed by atoms with Crippen LogP contribution in [0, 0.1) is 0 Å². The zero-order valence-electron chi connectivity index (χ0n) is 12.7. The van der Waals surface area contributed by atoms with Gasteiger partial charge < -0.3 is 10.1 Å². The highest BCUT2D eigenvalue weighted by Gasteiger charge is 2.45. The Balaban J connectivity index is 1.66. The second-order valence-electron chi connectivity index (χ2n) is 6.24. The Morgan fingerprint density at radius 1 is 1.24 bits per heavy atom. The van der Waals surface area contributed by atoms with Crippen molar-refractivity contribution in [1.82, 2.24) is 10.2 Å². The van der Waals surface area contributed by atoms with Gasteiger partial charge in [-0.25, -0.2) is 0 Å². The maximum absolute atomic E-state index is 6.51. The average Bonchev–Trinajstić information content (AvgIpc) is 3.29. The maximum atomic E-state index is 6.51. The van der Waals surface area contributed by atoms with Gasteiger partial charge in [-0.1, -0.05) is 30.3 Å². The molecule has 0 bridgehead atoms. The number of halogens is 1. The van der Waals surface area contributed by atoms with E-state index in [2.05, 4.69) is 47.5 Å². The maximum Gasteiger partial charge on any atom is 0.0598 e. The van der Waals surface area contributed by atoms with Crippen molar-refractivity contribution in [1.29, 1.82) is 0 Å². The second kappa shape index (κ2) is 6.66. The molecule has 0 aromatic heterocycles. The highest BCUT2D eigenvalue weighted by molar-refractivity contribution is 6.26. The molecule has 3 nitrogen and oxygen atoms in total. The summed E-state index contributed by atoms with van der Waals surface area (Å²) in [6, 6.07) is 11.5. The lowest BCUT2D eigenvalue weighted by molar-refractivity contribution is 0.0156. The first-order valence-corrected chi connectivity index (χ1v) is 8.36. The van der Waals surface area contributed by atoms with Crippen molar-refractivity contribution in [2.75, 3.05) is 32.8 Å². The Labute approximate surface area is 132 Å². The van der Waals surface area contributed by atoms with Crippen molar-refractivity contribution in [2.45, 2.75) is 36.7 Å². The molecule has 1 aliphatic heterocycles. The molecule has 2 aliphatic rings. The molecule has 0 radical (unpaired) electrons. The SMILES string of the molecule is CC(NCC(c1ccccc1)N1CCOCC1)C1(Cl)CC1. The van der Waals surface area contributed by atoms with Crippen LogP contribution in [0.2, 0.25) is 0 Å². The fourth-order valence-corrected chi connectivity index (χ4v) is 3.22. The van der Waals surface area contributed by atoms with E-state index in [4.69, 9.17) is 16.3 Å². The number of alkyl halides is 1. The normalized spacial score (nSPS) is 24.5.